The molecule has 92 valence electrons. The maximum absolute atomic E-state index is 8.78. The molecular formula is C13H24N2O. The van der Waals surface area contributed by atoms with E-state index in [9.17, 15) is 0 Å². The van der Waals surface area contributed by atoms with Gasteiger partial charge in [-0.25, -0.2) is 0 Å². The fourth-order valence-electron chi connectivity index (χ4n) is 2.26. The van der Waals surface area contributed by atoms with Gasteiger partial charge in [0.2, 0.25) is 0 Å². The van der Waals surface area contributed by atoms with Gasteiger partial charge in [0, 0.05) is 13.0 Å². The van der Waals surface area contributed by atoms with Crippen LogP contribution in [0.15, 0.2) is 0 Å². The van der Waals surface area contributed by atoms with E-state index in [-0.39, 0.29) is 0 Å². The van der Waals surface area contributed by atoms with Crippen LogP contribution in [0.2, 0.25) is 0 Å². The minimum atomic E-state index is -0.737. The second-order valence-corrected chi connectivity index (χ2v) is 5.21. The Morgan fingerprint density at radius 3 is 2.88 bits per heavy atom. The van der Waals surface area contributed by atoms with Crippen LogP contribution in [0.25, 0.3) is 0 Å². The molecule has 1 aliphatic carbocycles. The highest BCUT2D eigenvalue weighted by Gasteiger charge is 2.22. The second-order valence-electron chi connectivity index (χ2n) is 5.21. The molecule has 0 aliphatic heterocycles. The molecule has 0 radical (unpaired) electrons. The summed E-state index contributed by atoms with van der Waals surface area (Å²) in [5.41, 5.74) is 5.01. The quantitative estimate of drug-likeness (QED) is 0.781. The molecule has 1 fully saturated rings. The molecule has 3 atom stereocenters. The van der Waals surface area contributed by atoms with Crippen molar-refractivity contribution in [2.24, 2.45) is 11.7 Å². The highest BCUT2D eigenvalue weighted by atomic mass is 16.5. The Labute approximate surface area is 99.0 Å². The van der Waals surface area contributed by atoms with E-state index < -0.39 is 5.54 Å². The number of nitrogens with zero attached hydrogens (tertiary/aromatic N) is 1. The van der Waals surface area contributed by atoms with Crippen LogP contribution in [-0.2, 0) is 4.74 Å². The monoisotopic (exact) mass is 224 g/mol. The Kier molecular flexibility index (Phi) is 5.24. The molecule has 0 aromatic heterocycles. The van der Waals surface area contributed by atoms with Crippen molar-refractivity contribution in [3.63, 3.8) is 0 Å². The Morgan fingerprint density at radius 1 is 1.50 bits per heavy atom. The minimum absolute atomic E-state index is 0.396. The van der Waals surface area contributed by atoms with E-state index in [4.69, 9.17) is 15.7 Å². The van der Waals surface area contributed by atoms with Crippen LogP contribution in [0.3, 0.4) is 0 Å². The average Bonchev–Trinajstić information content (AvgIpc) is 2.29. The number of nitriles is 1. The van der Waals surface area contributed by atoms with Crippen LogP contribution in [0.1, 0.15) is 52.4 Å². The van der Waals surface area contributed by atoms with Crippen molar-refractivity contribution in [1.82, 2.24) is 0 Å². The van der Waals surface area contributed by atoms with Gasteiger partial charge >= 0.3 is 0 Å². The first-order chi connectivity index (χ1) is 7.57. The number of hydrogen-bond donors (Lipinski definition) is 1. The van der Waals surface area contributed by atoms with Gasteiger partial charge < -0.3 is 10.5 Å². The molecule has 0 amide bonds. The molecule has 0 aromatic carbocycles. The number of ether oxygens (including phenoxy) is 1. The van der Waals surface area contributed by atoms with Crippen molar-refractivity contribution in [3.05, 3.63) is 0 Å². The van der Waals surface area contributed by atoms with E-state index >= 15 is 0 Å². The van der Waals surface area contributed by atoms with E-state index in [1.54, 1.807) is 6.92 Å². The lowest BCUT2D eigenvalue weighted by Crippen LogP contribution is -2.36. The van der Waals surface area contributed by atoms with Crippen molar-refractivity contribution in [2.75, 3.05) is 6.61 Å². The van der Waals surface area contributed by atoms with Crippen LogP contribution in [0.4, 0.5) is 0 Å². The zero-order chi connectivity index (χ0) is 12.0. The molecule has 0 spiro atoms. The van der Waals surface area contributed by atoms with Crippen molar-refractivity contribution in [2.45, 2.75) is 64.0 Å². The summed E-state index contributed by atoms with van der Waals surface area (Å²) in [5.74, 6) is 0.832. The molecule has 3 nitrogen and oxygen atoms in total. The molecule has 0 saturated heterocycles. The first kappa shape index (κ1) is 13.5. The summed E-state index contributed by atoms with van der Waals surface area (Å²) in [6.45, 7) is 4.62. The van der Waals surface area contributed by atoms with Gasteiger partial charge in [-0.05, 0) is 25.7 Å². The molecular weight excluding hydrogens is 200 g/mol. The SMILES string of the molecule is CCC1CCCC(OCCC(C)(N)C#N)C1. The minimum Gasteiger partial charge on any atom is -0.378 e. The third kappa shape index (κ3) is 4.51. The van der Waals surface area contributed by atoms with Crippen LogP contribution in [-0.4, -0.2) is 18.2 Å². The van der Waals surface area contributed by atoms with Gasteiger partial charge in [0.1, 0.15) is 5.54 Å². The summed E-state index contributed by atoms with van der Waals surface area (Å²) in [7, 11) is 0. The van der Waals surface area contributed by atoms with Crippen LogP contribution in [0, 0.1) is 17.2 Å². The summed E-state index contributed by atoms with van der Waals surface area (Å²) >= 11 is 0. The fraction of sp³-hybridized carbons (Fsp3) is 0.923. The van der Waals surface area contributed by atoms with E-state index in [0.29, 0.717) is 19.1 Å². The summed E-state index contributed by atoms with van der Waals surface area (Å²) in [6, 6.07) is 2.10. The molecule has 1 saturated carbocycles. The zero-order valence-electron chi connectivity index (χ0n) is 10.5. The molecule has 0 heterocycles. The first-order valence-electron chi connectivity index (χ1n) is 6.39. The Hall–Kier alpha value is -0.590. The first-order valence-corrected chi connectivity index (χ1v) is 6.39. The van der Waals surface area contributed by atoms with Gasteiger partial charge in [-0.3, -0.25) is 0 Å². The molecule has 1 aliphatic rings. The third-order valence-corrected chi connectivity index (χ3v) is 3.54. The lowest BCUT2D eigenvalue weighted by molar-refractivity contribution is 0.00764. The molecule has 1 rings (SSSR count). The standard InChI is InChI=1S/C13H24N2O/c1-3-11-5-4-6-12(9-11)16-8-7-13(2,15)10-14/h11-12H,3-9,15H2,1-2H3. The maximum Gasteiger partial charge on any atom is 0.103 e. The van der Waals surface area contributed by atoms with Gasteiger partial charge in [0.15, 0.2) is 0 Å². The van der Waals surface area contributed by atoms with Crippen LogP contribution in [0.5, 0.6) is 0 Å². The highest BCUT2D eigenvalue weighted by Crippen LogP contribution is 2.28. The van der Waals surface area contributed by atoms with Gasteiger partial charge in [0.25, 0.3) is 0 Å². The van der Waals surface area contributed by atoms with E-state index in [2.05, 4.69) is 13.0 Å². The van der Waals surface area contributed by atoms with Crippen molar-refractivity contribution in [3.8, 4) is 6.07 Å². The van der Waals surface area contributed by atoms with Gasteiger partial charge in [-0.15, -0.1) is 0 Å². The molecule has 3 unspecified atom stereocenters. The lowest BCUT2D eigenvalue weighted by Gasteiger charge is -2.29. The third-order valence-electron chi connectivity index (χ3n) is 3.54. The summed E-state index contributed by atoms with van der Waals surface area (Å²) < 4.78 is 5.82. The van der Waals surface area contributed by atoms with Gasteiger partial charge in [-0.1, -0.05) is 26.2 Å². The average molecular weight is 224 g/mol. The topological polar surface area (TPSA) is 59.0 Å². The zero-order valence-corrected chi connectivity index (χ0v) is 10.5. The number of hydrogen-bond acceptors (Lipinski definition) is 3. The number of rotatable bonds is 5. The normalized spacial score (nSPS) is 29.4. The summed E-state index contributed by atoms with van der Waals surface area (Å²) in [6.07, 6.45) is 7.26. The fourth-order valence-corrected chi connectivity index (χ4v) is 2.26. The van der Waals surface area contributed by atoms with Crippen molar-refractivity contribution < 1.29 is 4.74 Å². The maximum atomic E-state index is 8.78. The molecule has 3 heteroatoms. The van der Waals surface area contributed by atoms with Crippen molar-refractivity contribution >= 4 is 0 Å². The second kappa shape index (κ2) is 6.22. The van der Waals surface area contributed by atoms with E-state index in [0.717, 1.165) is 5.92 Å². The predicted octanol–water partition coefficient (Wildman–Crippen LogP) is 2.60. The smallest absolute Gasteiger partial charge is 0.103 e. The molecule has 2 N–H and O–H groups in total. The Balaban J connectivity index is 2.20. The highest BCUT2D eigenvalue weighted by molar-refractivity contribution is 5.00. The largest absolute Gasteiger partial charge is 0.378 e. The van der Waals surface area contributed by atoms with E-state index in [1.807, 2.05) is 0 Å². The summed E-state index contributed by atoms with van der Waals surface area (Å²) in [5, 5.41) is 8.78. The van der Waals surface area contributed by atoms with Crippen molar-refractivity contribution in [1.29, 1.82) is 5.26 Å². The molecule has 16 heavy (non-hydrogen) atoms. The van der Waals surface area contributed by atoms with E-state index in [1.165, 1.54) is 32.1 Å². The Bertz CT molecular complexity index is 245. The summed E-state index contributed by atoms with van der Waals surface area (Å²) in [4.78, 5) is 0. The molecule has 0 bridgehead atoms. The van der Waals surface area contributed by atoms with Gasteiger partial charge in [-0.2, -0.15) is 5.26 Å². The number of nitrogens with two attached hydrogens (primary N) is 1. The lowest BCUT2D eigenvalue weighted by atomic mass is 9.85. The van der Waals surface area contributed by atoms with Gasteiger partial charge in [0.05, 0.1) is 12.2 Å². The molecule has 0 aromatic rings. The van der Waals surface area contributed by atoms with Crippen LogP contribution >= 0.6 is 0 Å². The Morgan fingerprint density at radius 2 is 2.25 bits per heavy atom. The van der Waals surface area contributed by atoms with Crippen LogP contribution < -0.4 is 5.73 Å². The predicted molar refractivity (Wildman–Crippen MR) is 64.8 cm³/mol.